The predicted octanol–water partition coefficient (Wildman–Crippen LogP) is 2.81. The summed E-state index contributed by atoms with van der Waals surface area (Å²) in [4.78, 5) is 11.3. The molecule has 1 aromatic carbocycles. The summed E-state index contributed by atoms with van der Waals surface area (Å²) in [7, 11) is 0. The molecule has 0 amide bonds. The molecule has 1 aromatic rings. The first-order chi connectivity index (χ1) is 7.49. The molecule has 88 valence electrons. The van der Waals surface area contributed by atoms with Gasteiger partial charge in [-0.15, -0.1) is 0 Å². The summed E-state index contributed by atoms with van der Waals surface area (Å²) in [6.45, 7) is 3.29. The second-order valence-electron chi connectivity index (χ2n) is 3.24. The Balaban J connectivity index is 3.35. The van der Waals surface area contributed by atoms with Gasteiger partial charge < -0.3 is 10.5 Å². The zero-order valence-electron chi connectivity index (χ0n) is 9.09. The van der Waals surface area contributed by atoms with E-state index in [4.69, 9.17) is 10.5 Å². The van der Waals surface area contributed by atoms with Crippen LogP contribution < -0.4 is 10.5 Å². The molecular weight excluding hydrogens is 216 g/mol. The first-order valence-electron chi connectivity index (χ1n) is 4.83. The molecule has 0 radical (unpaired) electrons. The molecule has 0 fully saturated rings. The highest BCUT2D eigenvalue weighted by atomic mass is 19.3. The molecule has 0 aliphatic heterocycles. The largest absolute Gasteiger partial charge is 0.491 e. The minimum absolute atomic E-state index is 0.0489. The lowest BCUT2D eigenvalue weighted by Crippen LogP contribution is -2.06. The van der Waals surface area contributed by atoms with Gasteiger partial charge in [-0.2, -0.15) is 0 Å². The lowest BCUT2D eigenvalue weighted by molar-refractivity contribution is 0.101. The molecule has 2 N–H and O–H groups in total. The molecule has 0 aliphatic rings. The molecule has 0 aromatic heterocycles. The third-order valence-electron chi connectivity index (χ3n) is 2.13. The van der Waals surface area contributed by atoms with E-state index in [1.165, 1.54) is 13.0 Å². The number of alkyl halides is 2. The SMILES string of the molecule is CCOc1c(C(C)=O)ccc(C(F)F)c1N. The zero-order chi connectivity index (χ0) is 12.3. The Morgan fingerprint density at radius 3 is 2.56 bits per heavy atom. The van der Waals surface area contributed by atoms with Crippen LogP contribution in [0.4, 0.5) is 14.5 Å². The van der Waals surface area contributed by atoms with Gasteiger partial charge in [0.15, 0.2) is 11.5 Å². The van der Waals surface area contributed by atoms with Crippen molar-refractivity contribution in [1.82, 2.24) is 0 Å². The summed E-state index contributed by atoms with van der Waals surface area (Å²) in [5.74, 6) is -0.219. The Hall–Kier alpha value is -1.65. The van der Waals surface area contributed by atoms with Gasteiger partial charge in [-0.25, -0.2) is 8.78 Å². The van der Waals surface area contributed by atoms with E-state index in [1.807, 2.05) is 0 Å². The van der Waals surface area contributed by atoms with Gasteiger partial charge in [-0.05, 0) is 19.9 Å². The number of ketones is 1. The van der Waals surface area contributed by atoms with E-state index in [0.29, 0.717) is 0 Å². The van der Waals surface area contributed by atoms with Crippen molar-refractivity contribution < 1.29 is 18.3 Å². The maximum atomic E-state index is 12.6. The number of ether oxygens (including phenoxy) is 1. The van der Waals surface area contributed by atoms with E-state index in [1.54, 1.807) is 6.92 Å². The number of benzene rings is 1. The van der Waals surface area contributed by atoms with Crippen molar-refractivity contribution in [1.29, 1.82) is 0 Å². The third-order valence-corrected chi connectivity index (χ3v) is 2.13. The van der Waals surface area contributed by atoms with Crippen LogP contribution in [0.1, 0.15) is 36.2 Å². The number of nitrogens with two attached hydrogens (primary N) is 1. The molecule has 1 rings (SSSR count). The summed E-state index contributed by atoms with van der Waals surface area (Å²) < 4.78 is 30.3. The molecule has 0 saturated heterocycles. The molecular formula is C11H13F2NO2. The van der Waals surface area contributed by atoms with Crippen LogP contribution in [0.25, 0.3) is 0 Å². The van der Waals surface area contributed by atoms with Crippen molar-refractivity contribution in [3.63, 3.8) is 0 Å². The number of nitrogen functional groups attached to an aromatic ring is 1. The van der Waals surface area contributed by atoms with Crippen molar-refractivity contribution in [2.45, 2.75) is 20.3 Å². The fourth-order valence-corrected chi connectivity index (χ4v) is 1.38. The highest BCUT2D eigenvalue weighted by molar-refractivity contribution is 5.98. The Morgan fingerprint density at radius 1 is 1.50 bits per heavy atom. The fraction of sp³-hybridized carbons (Fsp3) is 0.364. The summed E-state index contributed by atoms with van der Waals surface area (Å²) in [6, 6.07) is 2.46. The van der Waals surface area contributed by atoms with Gasteiger partial charge in [-0.1, -0.05) is 6.07 Å². The normalized spacial score (nSPS) is 10.6. The number of Topliss-reactive ketones (excluding diaryl/α,β-unsaturated/α-hetero) is 1. The molecule has 0 bridgehead atoms. The molecule has 5 heteroatoms. The average molecular weight is 229 g/mol. The molecule has 0 atom stereocenters. The van der Waals surface area contributed by atoms with Crippen molar-refractivity contribution in [3.05, 3.63) is 23.3 Å². The summed E-state index contributed by atoms with van der Waals surface area (Å²) in [5.41, 5.74) is 5.30. The monoisotopic (exact) mass is 229 g/mol. The Bertz CT molecular complexity index is 405. The van der Waals surface area contributed by atoms with Crippen molar-refractivity contribution in [3.8, 4) is 5.75 Å². The van der Waals surface area contributed by atoms with Crippen LogP contribution in [-0.2, 0) is 0 Å². The maximum absolute atomic E-state index is 12.6. The third kappa shape index (κ3) is 2.29. The molecule has 0 heterocycles. The molecule has 0 aliphatic carbocycles. The minimum Gasteiger partial charge on any atom is -0.491 e. The van der Waals surface area contributed by atoms with Crippen LogP contribution in [0.2, 0.25) is 0 Å². The van der Waals surface area contributed by atoms with Crippen molar-refractivity contribution in [2.75, 3.05) is 12.3 Å². The highest BCUT2D eigenvalue weighted by Crippen LogP contribution is 2.35. The first-order valence-corrected chi connectivity index (χ1v) is 4.83. The van der Waals surface area contributed by atoms with Crippen LogP contribution in [-0.4, -0.2) is 12.4 Å². The number of hydrogen-bond acceptors (Lipinski definition) is 3. The van der Waals surface area contributed by atoms with Gasteiger partial charge in [0.1, 0.15) is 0 Å². The number of carbonyl (C=O) groups excluding carboxylic acids is 1. The molecule has 0 unspecified atom stereocenters. The average Bonchev–Trinajstić information content (AvgIpc) is 2.20. The van der Waals surface area contributed by atoms with Gasteiger partial charge >= 0.3 is 0 Å². The van der Waals surface area contributed by atoms with Crippen LogP contribution in [0.3, 0.4) is 0 Å². The second kappa shape index (κ2) is 4.92. The summed E-state index contributed by atoms with van der Waals surface area (Å²) in [5, 5.41) is 0. The lowest BCUT2D eigenvalue weighted by Gasteiger charge is -2.14. The van der Waals surface area contributed by atoms with Crippen molar-refractivity contribution in [2.24, 2.45) is 0 Å². The molecule has 3 nitrogen and oxygen atoms in total. The van der Waals surface area contributed by atoms with E-state index in [-0.39, 0.29) is 35.0 Å². The van der Waals surface area contributed by atoms with Crippen LogP contribution in [0, 0.1) is 0 Å². The Kier molecular flexibility index (Phi) is 3.82. The number of hydrogen-bond donors (Lipinski definition) is 1. The summed E-state index contributed by atoms with van der Waals surface area (Å²) in [6.07, 6.45) is -2.68. The number of anilines is 1. The quantitative estimate of drug-likeness (QED) is 0.638. The van der Waals surface area contributed by atoms with Crippen molar-refractivity contribution >= 4 is 11.5 Å². The fourth-order valence-electron chi connectivity index (χ4n) is 1.38. The van der Waals surface area contributed by atoms with Crippen LogP contribution in [0.15, 0.2) is 12.1 Å². The maximum Gasteiger partial charge on any atom is 0.265 e. The zero-order valence-corrected chi connectivity index (χ0v) is 9.09. The first kappa shape index (κ1) is 12.4. The Labute approximate surface area is 92.2 Å². The standard InChI is InChI=1S/C11H13F2NO2/c1-3-16-10-7(6(2)15)4-5-8(9(10)14)11(12)13/h4-5,11H,3,14H2,1-2H3. The lowest BCUT2D eigenvalue weighted by atomic mass is 10.1. The van der Waals surface area contributed by atoms with Gasteiger partial charge in [0.25, 0.3) is 6.43 Å². The van der Waals surface area contributed by atoms with E-state index >= 15 is 0 Å². The summed E-state index contributed by atoms with van der Waals surface area (Å²) >= 11 is 0. The van der Waals surface area contributed by atoms with Gasteiger partial charge in [0.2, 0.25) is 0 Å². The number of carbonyl (C=O) groups is 1. The topological polar surface area (TPSA) is 52.3 Å². The molecule has 0 saturated carbocycles. The predicted molar refractivity (Wildman–Crippen MR) is 57.0 cm³/mol. The molecule has 16 heavy (non-hydrogen) atoms. The number of rotatable bonds is 4. The Morgan fingerprint density at radius 2 is 2.12 bits per heavy atom. The van der Waals surface area contributed by atoms with Crippen LogP contribution in [0.5, 0.6) is 5.75 Å². The molecule has 0 spiro atoms. The second-order valence-corrected chi connectivity index (χ2v) is 3.24. The van der Waals surface area contributed by atoms with E-state index < -0.39 is 6.43 Å². The minimum atomic E-state index is -2.68. The van der Waals surface area contributed by atoms with Crippen LogP contribution >= 0.6 is 0 Å². The van der Waals surface area contributed by atoms with E-state index in [9.17, 15) is 13.6 Å². The smallest absolute Gasteiger partial charge is 0.265 e. The van der Waals surface area contributed by atoms with Gasteiger partial charge in [0.05, 0.1) is 17.9 Å². The number of halogens is 2. The van der Waals surface area contributed by atoms with Gasteiger partial charge in [0, 0.05) is 5.56 Å². The van der Waals surface area contributed by atoms with E-state index in [0.717, 1.165) is 6.07 Å². The van der Waals surface area contributed by atoms with E-state index in [2.05, 4.69) is 0 Å². The highest BCUT2D eigenvalue weighted by Gasteiger charge is 2.19. The van der Waals surface area contributed by atoms with Gasteiger partial charge in [-0.3, -0.25) is 4.79 Å².